The predicted molar refractivity (Wildman–Crippen MR) is 78.5 cm³/mol. The molecule has 1 heterocycles. The number of hydrogen-bond acceptors (Lipinski definition) is 4. The summed E-state index contributed by atoms with van der Waals surface area (Å²) >= 11 is 1.67. The predicted octanol–water partition coefficient (Wildman–Crippen LogP) is 3.70. The Morgan fingerprint density at radius 3 is 2.68 bits per heavy atom. The van der Waals surface area contributed by atoms with Crippen LogP contribution in [0.2, 0.25) is 0 Å². The lowest BCUT2D eigenvalue weighted by atomic mass is 10.2. The van der Waals surface area contributed by atoms with Gasteiger partial charge in [-0.3, -0.25) is 0 Å². The lowest BCUT2D eigenvalue weighted by Crippen LogP contribution is -1.99. The van der Waals surface area contributed by atoms with Gasteiger partial charge in [-0.05, 0) is 43.9 Å². The Labute approximate surface area is 117 Å². The van der Waals surface area contributed by atoms with Gasteiger partial charge in [-0.25, -0.2) is 9.97 Å². The summed E-state index contributed by atoms with van der Waals surface area (Å²) in [6, 6.07) is 8.32. The second-order valence-electron chi connectivity index (χ2n) is 5.13. The van der Waals surface area contributed by atoms with Gasteiger partial charge in [-0.2, -0.15) is 0 Å². The van der Waals surface area contributed by atoms with Gasteiger partial charge in [0.05, 0.1) is 0 Å². The van der Waals surface area contributed by atoms with E-state index in [0.29, 0.717) is 11.7 Å². The van der Waals surface area contributed by atoms with E-state index in [1.54, 1.807) is 11.8 Å². The number of nitrogens with two attached hydrogens (primary N) is 1. The molecule has 3 rings (SSSR count). The van der Waals surface area contributed by atoms with Crippen molar-refractivity contribution >= 4 is 17.6 Å². The second kappa shape index (κ2) is 4.85. The van der Waals surface area contributed by atoms with Gasteiger partial charge in [0.15, 0.2) is 0 Å². The van der Waals surface area contributed by atoms with Crippen molar-refractivity contribution in [3.8, 4) is 0 Å². The summed E-state index contributed by atoms with van der Waals surface area (Å²) in [4.78, 5) is 10.2. The highest BCUT2D eigenvalue weighted by Gasteiger charge is 2.27. The molecule has 0 saturated heterocycles. The van der Waals surface area contributed by atoms with Crippen LogP contribution in [0.1, 0.15) is 35.7 Å². The average molecular weight is 271 g/mol. The topological polar surface area (TPSA) is 51.8 Å². The van der Waals surface area contributed by atoms with Crippen LogP contribution >= 0.6 is 11.8 Å². The Bertz CT molecular complexity index is 621. The van der Waals surface area contributed by atoms with Crippen LogP contribution in [-0.4, -0.2) is 9.97 Å². The average Bonchev–Trinajstić information content (AvgIpc) is 3.17. The molecule has 4 heteroatoms. The van der Waals surface area contributed by atoms with E-state index in [1.165, 1.54) is 28.9 Å². The molecule has 0 bridgehead atoms. The molecule has 98 valence electrons. The Morgan fingerprint density at radius 1 is 1.16 bits per heavy atom. The van der Waals surface area contributed by atoms with Crippen molar-refractivity contribution in [1.29, 1.82) is 0 Å². The Balaban J connectivity index is 1.92. The van der Waals surface area contributed by atoms with Crippen molar-refractivity contribution in [2.24, 2.45) is 0 Å². The molecule has 2 N–H and O–H groups in total. The van der Waals surface area contributed by atoms with Crippen LogP contribution in [0.15, 0.2) is 34.2 Å². The number of hydrogen-bond donors (Lipinski definition) is 1. The van der Waals surface area contributed by atoms with Gasteiger partial charge in [0.1, 0.15) is 16.7 Å². The van der Waals surface area contributed by atoms with Crippen LogP contribution in [0.25, 0.3) is 0 Å². The zero-order valence-electron chi connectivity index (χ0n) is 11.2. The fourth-order valence-electron chi connectivity index (χ4n) is 1.97. The molecule has 2 aromatic rings. The summed E-state index contributed by atoms with van der Waals surface area (Å²) in [6.07, 6.45) is 2.38. The van der Waals surface area contributed by atoms with Gasteiger partial charge in [0.2, 0.25) is 0 Å². The molecule has 0 atom stereocenters. The Morgan fingerprint density at radius 2 is 1.95 bits per heavy atom. The van der Waals surface area contributed by atoms with Crippen LogP contribution in [0.3, 0.4) is 0 Å². The van der Waals surface area contributed by atoms with Crippen molar-refractivity contribution in [3.05, 3.63) is 41.2 Å². The molecular formula is C15H17N3S. The van der Waals surface area contributed by atoms with Crippen molar-refractivity contribution in [2.45, 2.75) is 42.5 Å². The Kier molecular flexibility index (Phi) is 3.19. The molecule has 0 amide bonds. The first-order chi connectivity index (χ1) is 9.11. The maximum absolute atomic E-state index is 5.88. The lowest BCUT2D eigenvalue weighted by Gasteiger charge is -2.08. The number of nitrogens with zero attached hydrogens (tertiary/aromatic N) is 2. The van der Waals surface area contributed by atoms with E-state index in [1.807, 2.05) is 6.07 Å². The summed E-state index contributed by atoms with van der Waals surface area (Å²) in [5.41, 5.74) is 8.41. The highest BCUT2D eigenvalue weighted by Crippen LogP contribution is 2.39. The van der Waals surface area contributed by atoms with E-state index in [2.05, 4.69) is 42.0 Å². The maximum Gasteiger partial charge on any atom is 0.135 e. The van der Waals surface area contributed by atoms with Gasteiger partial charge in [-0.15, -0.1) is 0 Å². The van der Waals surface area contributed by atoms with Crippen LogP contribution in [0.5, 0.6) is 0 Å². The summed E-state index contributed by atoms with van der Waals surface area (Å²) < 4.78 is 0. The standard InChI is InChI=1S/C15H17N3S/c1-9-3-4-10(2)12(7-9)19-14-8-13(16)17-15(18-14)11-5-6-11/h3-4,7-8,11H,5-6H2,1-2H3,(H2,16,17,18). The first kappa shape index (κ1) is 12.5. The molecule has 1 aromatic heterocycles. The van der Waals surface area contributed by atoms with Gasteiger partial charge < -0.3 is 5.73 Å². The smallest absolute Gasteiger partial charge is 0.135 e. The quantitative estimate of drug-likeness (QED) is 0.865. The van der Waals surface area contributed by atoms with Crippen molar-refractivity contribution in [3.63, 3.8) is 0 Å². The van der Waals surface area contributed by atoms with Gasteiger partial charge in [-0.1, -0.05) is 23.9 Å². The summed E-state index contributed by atoms with van der Waals surface area (Å²) in [5, 5.41) is 0.947. The van der Waals surface area contributed by atoms with Crippen molar-refractivity contribution in [2.75, 3.05) is 5.73 Å². The lowest BCUT2D eigenvalue weighted by molar-refractivity contribution is 0.883. The minimum Gasteiger partial charge on any atom is -0.384 e. The normalized spacial score (nSPS) is 14.6. The fraction of sp³-hybridized carbons (Fsp3) is 0.333. The number of benzene rings is 1. The van der Waals surface area contributed by atoms with E-state index >= 15 is 0 Å². The highest BCUT2D eigenvalue weighted by atomic mass is 32.2. The SMILES string of the molecule is Cc1ccc(C)c(Sc2cc(N)nc(C3CC3)n2)c1. The number of nitrogen functional groups attached to an aromatic ring is 1. The largest absolute Gasteiger partial charge is 0.384 e. The monoisotopic (exact) mass is 271 g/mol. The third-order valence-corrected chi connectivity index (χ3v) is 4.32. The molecule has 0 unspecified atom stereocenters. The maximum atomic E-state index is 5.88. The number of rotatable bonds is 3. The molecule has 3 nitrogen and oxygen atoms in total. The van der Waals surface area contributed by atoms with E-state index in [4.69, 9.17) is 5.73 Å². The molecule has 1 fully saturated rings. The summed E-state index contributed by atoms with van der Waals surface area (Å²) in [5.74, 6) is 2.01. The zero-order valence-corrected chi connectivity index (χ0v) is 12.0. The minimum atomic E-state index is 0.529. The van der Waals surface area contributed by atoms with Gasteiger partial charge in [0.25, 0.3) is 0 Å². The molecule has 19 heavy (non-hydrogen) atoms. The Hall–Kier alpha value is -1.55. The first-order valence-electron chi connectivity index (χ1n) is 6.51. The number of anilines is 1. The summed E-state index contributed by atoms with van der Waals surface area (Å²) in [6.45, 7) is 4.22. The molecule has 0 radical (unpaired) electrons. The summed E-state index contributed by atoms with van der Waals surface area (Å²) in [7, 11) is 0. The molecule has 0 aliphatic heterocycles. The van der Waals surface area contributed by atoms with Crippen LogP contribution < -0.4 is 5.73 Å². The molecular weight excluding hydrogens is 254 g/mol. The van der Waals surface area contributed by atoms with E-state index in [0.717, 1.165) is 10.9 Å². The van der Waals surface area contributed by atoms with E-state index in [-0.39, 0.29) is 0 Å². The number of aromatic nitrogens is 2. The fourth-order valence-corrected chi connectivity index (χ4v) is 2.99. The molecule has 1 aromatic carbocycles. The molecule has 1 saturated carbocycles. The van der Waals surface area contributed by atoms with Gasteiger partial charge >= 0.3 is 0 Å². The third-order valence-electron chi connectivity index (χ3n) is 3.24. The molecule has 1 aliphatic carbocycles. The van der Waals surface area contributed by atoms with E-state index < -0.39 is 0 Å². The van der Waals surface area contributed by atoms with Crippen molar-refractivity contribution < 1.29 is 0 Å². The minimum absolute atomic E-state index is 0.529. The van der Waals surface area contributed by atoms with Crippen LogP contribution in [-0.2, 0) is 0 Å². The highest BCUT2D eigenvalue weighted by molar-refractivity contribution is 7.99. The van der Waals surface area contributed by atoms with Crippen LogP contribution in [0.4, 0.5) is 5.82 Å². The molecule has 1 aliphatic rings. The van der Waals surface area contributed by atoms with Crippen LogP contribution in [0, 0.1) is 13.8 Å². The number of aryl methyl sites for hydroxylation is 2. The first-order valence-corrected chi connectivity index (χ1v) is 7.33. The third kappa shape index (κ3) is 2.89. The van der Waals surface area contributed by atoms with E-state index in [9.17, 15) is 0 Å². The van der Waals surface area contributed by atoms with Gasteiger partial charge in [0, 0.05) is 16.9 Å². The molecule has 0 spiro atoms. The van der Waals surface area contributed by atoms with Crippen molar-refractivity contribution in [1.82, 2.24) is 9.97 Å². The zero-order chi connectivity index (χ0) is 13.4. The second-order valence-corrected chi connectivity index (χ2v) is 6.20.